The predicted molar refractivity (Wildman–Crippen MR) is 109 cm³/mol. The van der Waals surface area contributed by atoms with Crippen molar-refractivity contribution in [1.29, 1.82) is 0 Å². The molecule has 2 aromatic rings. The Bertz CT molecular complexity index is 975. The predicted octanol–water partition coefficient (Wildman–Crippen LogP) is 3.71. The van der Waals surface area contributed by atoms with Gasteiger partial charge in [-0.05, 0) is 55.7 Å². The van der Waals surface area contributed by atoms with Gasteiger partial charge in [-0.15, -0.1) is 0 Å². The molecule has 1 amide bonds. The number of nitrogens with zero attached hydrogens (tertiary/aromatic N) is 2. The Morgan fingerprint density at radius 1 is 1.26 bits per heavy atom. The first-order valence-electron chi connectivity index (χ1n) is 8.87. The Morgan fingerprint density at radius 3 is 2.59 bits per heavy atom. The van der Waals surface area contributed by atoms with Crippen molar-refractivity contribution < 1.29 is 13.2 Å². The number of carbonyl (C=O) groups excluding carboxylic acids is 1. The molecule has 3 rings (SSSR count). The minimum absolute atomic E-state index is 0.0920. The summed E-state index contributed by atoms with van der Waals surface area (Å²) in [5.74, 6) is -0.0920. The number of halogens is 1. The van der Waals surface area contributed by atoms with E-state index in [-0.39, 0.29) is 11.9 Å². The van der Waals surface area contributed by atoms with Gasteiger partial charge in [-0.3, -0.25) is 9.10 Å². The highest BCUT2D eigenvalue weighted by molar-refractivity contribution is 7.92. The summed E-state index contributed by atoms with van der Waals surface area (Å²) in [5.41, 5.74) is 3.00. The molecule has 1 aliphatic heterocycles. The van der Waals surface area contributed by atoms with E-state index in [0.717, 1.165) is 11.1 Å². The molecule has 1 unspecified atom stereocenters. The number of amides is 1. The van der Waals surface area contributed by atoms with Crippen LogP contribution in [-0.4, -0.2) is 38.1 Å². The topological polar surface area (TPSA) is 57.7 Å². The summed E-state index contributed by atoms with van der Waals surface area (Å²) in [6.07, 6.45) is 1.81. The van der Waals surface area contributed by atoms with Crippen molar-refractivity contribution in [2.75, 3.05) is 17.1 Å². The first kappa shape index (κ1) is 19.7. The van der Waals surface area contributed by atoms with Crippen molar-refractivity contribution in [3.63, 3.8) is 0 Å². The number of sulfonamides is 1. The number of benzene rings is 2. The van der Waals surface area contributed by atoms with E-state index in [4.69, 9.17) is 11.6 Å². The number of carbonyl (C=O) groups is 1. The molecule has 1 atom stereocenters. The summed E-state index contributed by atoms with van der Waals surface area (Å²) in [6, 6.07) is 12.6. The van der Waals surface area contributed by atoms with E-state index < -0.39 is 10.0 Å². The highest BCUT2D eigenvalue weighted by Crippen LogP contribution is 2.35. The molecule has 0 fully saturated rings. The molecule has 1 heterocycles. The van der Waals surface area contributed by atoms with Crippen LogP contribution in [0.5, 0.6) is 0 Å². The van der Waals surface area contributed by atoms with Crippen LogP contribution < -0.4 is 4.31 Å². The molecule has 0 aromatic heterocycles. The first-order valence-corrected chi connectivity index (χ1v) is 11.1. The van der Waals surface area contributed by atoms with Crippen molar-refractivity contribution in [2.45, 2.75) is 32.9 Å². The lowest BCUT2D eigenvalue weighted by Crippen LogP contribution is -2.34. The quantitative estimate of drug-likeness (QED) is 0.760. The van der Waals surface area contributed by atoms with E-state index in [1.54, 1.807) is 17.0 Å². The normalized spacial score (nSPS) is 16.3. The van der Waals surface area contributed by atoms with Gasteiger partial charge >= 0.3 is 0 Å². The maximum atomic E-state index is 13.0. The second-order valence-corrected chi connectivity index (χ2v) is 9.13. The lowest BCUT2D eigenvalue weighted by atomic mass is 10.1. The van der Waals surface area contributed by atoms with Crippen LogP contribution in [-0.2, 0) is 23.0 Å². The summed E-state index contributed by atoms with van der Waals surface area (Å²) in [6.45, 7) is 4.78. The third-order valence-electron chi connectivity index (χ3n) is 4.82. The maximum absolute atomic E-state index is 13.0. The molecule has 1 aliphatic rings. The van der Waals surface area contributed by atoms with Gasteiger partial charge in [0.25, 0.3) is 5.91 Å². The van der Waals surface area contributed by atoms with E-state index in [0.29, 0.717) is 35.8 Å². The van der Waals surface area contributed by atoms with Crippen molar-refractivity contribution in [2.24, 2.45) is 0 Å². The zero-order valence-electron chi connectivity index (χ0n) is 15.6. The number of rotatable bonds is 5. The van der Waals surface area contributed by atoms with E-state index in [9.17, 15) is 13.2 Å². The first-order chi connectivity index (χ1) is 12.7. The Balaban J connectivity index is 1.87. The van der Waals surface area contributed by atoms with Gasteiger partial charge in [-0.25, -0.2) is 8.42 Å². The molecule has 27 heavy (non-hydrogen) atoms. The van der Waals surface area contributed by atoms with Gasteiger partial charge in [0.05, 0.1) is 11.9 Å². The van der Waals surface area contributed by atoms with E-state index >= 15 is 0 Å². The van der Waals surface area contributed by atoms with Crippen molar-refractivity contribution in [3.8, 4) is 0 Å². The smallest absolute Gasteiger partial charge is 0.254 e. The largest absolute Gasteiger partial charge is 0.335 e. The van der Waals surface area contributed by atoms with Gasteiger partial charge < -0.3 is 4.90 Å². The molecule has 144 valence electrons. The lowest BCUT2D eigenvalue weighted by molar-refractivity contribution is 0.0752. The van der Waals surface area contributed by atoms with Gasteiger partial charge in [0.15, 0.2) is 0 Å². The Hall–Kier alpha value is -2.05. The minimum atomic E-state index is -3.34. The van der Waals surface area contributed by atoms with Gasteiger partial charge in [0.2, 0.25) is 10.0 Å². The molecule has 0 bridgehead atoms. The van der Waals surface area contributed by atoms with Crippen LogP contribution in [0.3, 0.4) is 0 Å². The van der Waals surface area contributed by atoms with Gasteiger partial charge in [-0.1, -0.05) is 29.8 Å². The van der Waals surface area contributed by atoms with Crippen LogP contribution in [0.25, 0.3) is 0 Å². The van der Waals surface area contributed by atoms with E-state index in [1.165, 1.54) is 10.6 Å². The number of hydrogen-bond donors (Lipinski definition) is 0. The summed E-state index contributed by atoms with van der Waals surface area (Å²) < 4.78 is 25.5. The zero-order chi connectivity index (χ0) is 19.8. The van der Waals surface area contributed by atoms with Gasteiger partial charge in [-0.2, -0.15) is 0 Å². The molecule has 0 saturated carbocycles. The Morgan fingerprint density at radius 2 is 1.96 bits per heavy atom. The van der Waals surface area contributed by atoms with Crippen molar-refractivity contribution in [3.05, 3.63) is 64.2 Å². The minimum Gasteiger partial charge on any atom is -0.335 e. The Kier molecular flexibility index (Phi) is 5.49. The fourth-order valence-electron chi connectivity index (χ4n) is 3.58. The highest BCUT2D eigenvalue weighted by atomic mass is 35.5. The summed E-state index contributed by atoms with van der Waals surface area (Å²) in [5, 5.41) is 0.635. The third-order valence-corrected chi connectivity index (χ3v) is 6.46. The summed E-state index contributed by atoms with van der Waals surface area (Å²) in [4.78, 5) is 14.7. The Labute approximate surface area is 165 Å². The average Bonchev–Trinajstić information content (AvgIpc) is 2.95. The standard InChI is InChI=1S/C20H23ClN2O3S/c1-4-22(13-16-7-5-6-8-18(16)21)20(24)15-9-10-19-17(12-15)11-14(2)23(19)27(3,25)26/h5-10,12,14H,4,11,13H2,1-3H3. The second kappa shape index (κ2) is 7.52. The van der Waals surface area contributed by atoms with Crippen molar-refractivity contribution in [1.82, 2.24) is 4.90 Å². The zero-order valence-corrected chi connectivity index (χ0v) is 17.2. The van der Waals surface area contributed by atoms with Crippen LogP contribution in [0.4, 0.5) is 5.69 Å². The molecular weight excluding hydrogens is 384 g/mol. The molecule has 0 spiro atoms. The second-order valence-electron chi connectivity index (χ2n) is 6.87. The van der Waals surface area contributed by atoms with Crippen LogP contribution in [0.15, 0.2) is 42.5 Å². The van der Waals surface area contributed by atoms with Crippen LogP contribution in [0, 0.1) is 0 Å². The molecule has 0 aliphatic carbocycles. The molecule has 0 N–H and O–H groups in total. The number of fused-ring (bicyclic) bond motifs is 1. The van der Waals surface area contributed by atoms with Crippen LogP contribution in [0.1, 0.15) is 35.3 Å². The summed E-state index contributed by atoms with van der Waals surface area (Å²) in [7, 11) is -3.34. The van der Waals surface area contributed by atoms with Gasteiger partial charge in [0, 0.05) is 29.7 Å². The summed E-state index contributed by atoms with van der Waals surface area (Å²) >= 11 is 6.23. The maximum Gasteiger partial charge on any atom is 0.254 e. The van der Waals surface area contributed by atoms with Crippen LogP contribution >= 0.6 is 11.6 Å². The van der Waals surface area contributed by atoms with Crippen molar-refractivity contribution >= 4 is 33.2 Å². The van der Waals surface area contributed by atoms with Gasteiger partial charge in [0.1, 0.15) is 0 Å². The fraction of sp³-hybridized carbons (Fsp3) is 0.350. The molecular formula is C20H23ClN2O3S. The lowest BCUT2D eigenvalue weighted by Gasteiger charge is -2.23. The molecule has 0 radical (unpaired) electrons. The molecule has 0 saturated heterocycles. The van der Waals surface area contributed by atoms with Crippen LogP contribution in [0.2, 0.25) is 5.02 Å². The fourth-order valence-corrected chi connectivity index (χ4v) is 5.04. The molecule has 2 aromatic carbocycles. The molecule has 5 nitrogen and oxygen atoms in total. The third kappa shape index (κ3) is 3.96. The monoisotopic (exact) mass is 406 g/mol. The SMILES string of the molecule is CCN(Cc1ccccc1Cl)C(=O)c1ccc2c(c1)CC(C)N2S(C)(=O)=O. The number of hydrogen-bond acceptors (Lipinski definition) is 3. The molecule has 7 heteroatoms. The van der Waals surface area contributed by atoms with E-state index in [1.807, 2.05) is 44.2 Å². The average molecular weight is 407 g/mol. The van der Waals surface area contributed by atoms with E-state index in [2.05, 4.69) is 0 Å². The number of anilines is 1. The highest BCUT2D eigenvalue weighted by Gasteiger charge is 2.33.